The van der Waals surface area contributed by atoms with Gasteiger partial charge in [-0.05, 0) is 25.1 Å². The van der Waals surface area contributed by atoms with Crippen molar-refractivity contribution < 1.29 is 9.53 Å². The summed E-state index contributed by atoms with van der Waals surface area (Å²) in [6.07, 6.45) is 4.07. The van der Waals surface area contributed by atoms with Crippen molar-refractivity contribution >= 4 is 17.5 Å². The van der Waals surface area contributed by atoms with Crippen LogP contribution in [-0.2, 0) is 9.53 Å². The van der Waals surface area contributed by atoms with Gasteiger partial charge in [-0.25, -0.2) is 0 Å². The minimum Gasteiger partial charge on any atom is -0.352 e. The Bertz CT molecular complexity index is 534. The molecule has 0 saturated carbocycles. The first kappa shape index (κ1) is 12.9. The van der Waals surface area contributed by atoms with Crippen LogP contribution in [0.2, 0.25) is 0 Å². The number of carbonyl (C=O) groups is 1. The largest absolute Gasteiger partial charge is 0.352 e. The Hall–Kier alpha value is -1.06. The molecule has 1 aromatic rings. The summed E-state index contributed by atoms with van der Waals surface area (Å²) in [5.41, 5.74) is 1.24. The molecule has 0 aromatic heterocycles. The lowest BCUT2D eigenvalue weighted by atomic mass is 9.87. The second-order valence-corrected chi connectivity index (χ2v) is 6.80. The third kappa shape index (κ3) is 2.05. The van der Waals surface area contributed by atoms with Gasteiger partial charge in [0.2, 0.25) is 0 Å². The minimum absolute atomic E-state index is 0.0273. The second kappa shape index (κ2) is 4.50. The number of thioether (sulfide) groups is 1. The van der Waals surface area contributed by atoms with Crippen molar-refractivity contribution in [3.63, 3.8) is 0 Å². The average Bonchev–Trinajstić information content (AvgIpc) is 2.80. The fraction of sp³-hybridized carbons (Fsp3) is 0.438. The number of hydrogen-bond acceptors (Lipinski definition) is 3. The summed E-state index contributed by atoms with van der Waals surface area (Å²) >= 11 is 1.65. The second-order valence-electron chi connectivity index (χ2n) is 5.49. The maximum Gasteiger partial charge on any atom is 0.147 e. The minimum atomic E-state index is -0.510. The van der Waals surface area contributed by atoms with Crippen molar-refractivity contribution in [1.29, 1.82) is 0 Å². The highest BCUT2D eigenvalue weighted by Gasteiger charge is 2.52. The third-order valence-electron chi connectivity index (χ3n) is 4.11. The number of fused-ring (bicyclic) bond motifs is 2. The lowest BCUT2D eigenvalue weighted by Crippen LogP contribution is -2.48. The van der Waals surface area contributed by atoms with E-state index in [9.17, 15) is 4.79 Å². The van der Waals surface area contributed by atoms with Gasteiger partial charge in [0.05, 0.1) is 12.0 Å². The Balaban J connectivity index is 1.89. The van der Waals surface area contributed by atoms with Crippen molar-refractivity contribution in [3.8, 4) is 0 Å². The fourth-order valence-corrected chi connectivity index (χ4v) is 3.97. The highest BCUT2D eigenvalue weighted by molar-refractivity contribution is 8.00. The zero-order valence-electron chi connectivity index (χ0n) is 11.4. The van der Waals surface area contributed by atoms with E-state index >= 15 is 0 Å². The lowest BCUT2D eigenvalue weighted by Gasteiger charge is -2.40. The Kier molecular flexibility index (Phi) is 3.06. The molecule has 2 heterocycles. The predicted molar refractivity (Wildman–Crippen MR) is 77.1 cm³/mol. The van der Waals surface area contributed by atoms with Crippen LogP contribution in [0.4, 0.5) is 0 Å². The normalized spacial score (nSPS) is 36.8. The molecule has 0 radical (unpaired) electrons. The van der Waals surface area contributed by atoms with Gasteiger partial charge in [0.25, 0.3) is 0 Å². The van der Waals surface area contributed by atoms with Crippen LogP contribution < -0.4 is 0 Å². The van der Waals surface area contributed by atoms with Crippen molar-refractivity contribution in [1.82, 2.24) is 0 Å². The van der Waals surface area contributed by atoms with E-state index in [0.717, 1.165) is 4.90 Å². The van der Waals surface area contributed by atoms with Crippen LogP contribution in [0.5, 0.6) is 0 Å². The lowest BCUT2D eigenvalue weighted by molar-refractivity contribution is -0.146. The van der Waals surface area contributed by atoms with E-state index in [0.29, 0.717) is 5.78 Å². The molecule has 0 unspecified atom stereocenters. The molecule has 1 saturated heterocycles. The van der Waals surface area contributed by atoms with Gasteiger partial charge in [-0.2, -0.15) is 0 Å². The van der Waals surface area contributed by atoms with Crippen LogP contribution in [0.25, 0.3) is 0 Å². The molecule has 100 valence electrons. The average molecular weight is 274 g/mol. The van der Waals surface area contributed by atoms with Gasteiger partial charge < -0.3 is 4.74 Å². The van der Waals surface area contributed by atoms with E-state index < -0.39 is 4.93 Å². The van der Waals surface area contributed by atoms with Crippen LogP contribution in [0.1, 0.15) is 19.4 Å². The molecular formula is C16H18O2S. The standard InChI is InChI=1S/C16H18O2S/c1-10-4-6-13(7-5-10)19-16-9-8-14(18-16)11(2)15(17)12(16)3/h4-9,11-12,14H,1-3H3/t11-,12-,14-,16-/m1/s1. The van der Waals surface area contributed by atoms with Gasteiger partial charge in [-0.3, -0.25) is 4.79 Å². The summed E-state index contributed by atoms with van der Waals surface area (Å²) in [7, 11) is 0. The van der Waals surface area contributed by atoms with Crippen molar-refractivity contribution in [2.24, 2.45) is 11.8 Å². The van der Waals surface area contributed by atoms with E-state index in [1.807, 2.05) is 19.9 Å². The molecule has 0 aliphatic carbocycles. The molecule has 0 spiro atoms. The quantitative estimate of drug-likeness (QED) is 0.771. The Morgan fingerprint density at radius 1 is 1.21 bits per heavy atom. The Morgan fingerprint density at radius 2 is 1.89 bits per heavy atom. The van der Waals surface area contributed by atoms with Gasteiger partial charge in [-0.1, -0.05) is 49.4 Å². The van der Waals surface area contributed by atoms with Crippen molar-refractivity contribution in [2.45, 2.75) is 36.7 Å². The number of ketones is 1. The molecule has 3 heteroatoms. The van der Waals surface area contributed by atoms with Crippen molar-refractivity contribution in [3.05, 3.63) is 42.0 Å². The number of rotatable bonds is 2. The van der Waals surface area contributed by atoms with Crippen LogP contribution in [0.15, 0.2) is 41.3 Å². The summed E-state index contributed by atoms with van der Waals surface area (Å²) in [6.45, 7) is 6.01. The van der Waals surface area contributed by atoms with E-state index in [4.69, 9.17) is 4.74 Å². The molecule has 2 bridgehead atoms. The number of Topliss-reactive ketones (excluding diaryl/α,β-unsaturated/α-hetero) is 1. The molecule has 0 amide bonds. The molecule has 2 aliphatic heterocycles. The van der Waals surface area contributed by atoms with Crippen LogP contribution >= 0.6 is 11.8 Å². The van der Waals surface area contributed by atoms with Crippen LogP contribution in [0, 0.1) is 18.8 Å². The molecule has 3 rings (SSSR count). The Morgan fingerprint density at radius 3 is 2.58 bits per heavy atom. The van der Waals surface area contributed by atoms with E-state index in [-0.39, 0.29) is 17.9 Å². The summed E-state index contributed by atoms with van der Waals surface area (Å²) in [4.78, 5) is 12.9. The number of carbonyl (C=O) groups excluding carboxylic acids is 1. The SMILES string of the molecule is Cc1ccc(S[C@@]23C=C[C@@H](O2)[C@@H](C)C(=O)[C@H]3C)cc1. The third-order valence-corrected chi connectivity index (χ3v) is 5.52. The van der Waals surface area contributed by atoms with Crippen molar-refractivity contribution in [2.75, 3.05) is 0 Å². The van der Waals surface area contributed by atoms with Crippen LogP contribution in [-0.4, -0.2) is 16.8 Å². The van der Waals surface area contributed by atoms with Gasteiger partial charge in [0, 0.05) is 10.8 Å². The van der Waals surface area contributed by atoms with Gasteiger partial charge in [-0.15, -0.1) is 0 Å². The number of aryl methyl sites for hydroxylation is 1. The first-order valence-corrected chi connectivity index (χ1v) is 7.50. The summed E-state index contributed by atoms with van der Waals surface area (Å²) < 4.78 is 6.15. The van der Waals surface area contributed by atoms with Crippen LogP contribution in [0.3, 0.4) is 0 Å². The molecule has 19 heavy (non-hydrogen) atoms. The highest BCUT2D eigenvalue weighted by atomic mass is 32.2. The maximum atomic E-state index is 12.3. The highest BCUT2D eigenvalue weighted by Crippen LogP contribution is 2.50. The fourth-order valence-electron chi connectivity index (χ4n) is 2.73. The van der Waals surface area contributed by atoms with Gasteiger partial charge in [0.1, 0.15) is 10.7 Å². The van der Waals surface area contributed by atoms with Gasteiger partial charge >= 0.3 is 0 Å². The van der Waals surface area contributed by atoms with E-state index in [1.165, 1.54) is 5.56 Å². The zero-order chi connectivity index (χ0) is 13.6. The zero-order valence-corrected chi connectivity index (χ0v) is 12.2. The number of ether oxygens (including phenoxy) is 1. The molecule has 1 fully saturated rings. The van der Waals surface area contributed by atoms with Gasteiger partial charge in [0.15, 0.2) is 0 Å². The van der Waals surface area contributed by atoms with E-state index in [1.54, 1.807) is 11.8 Å². The molecule has 4 atom stereocenters. The smallest absolute Gasteiger partial charge is 0.147 e. The summed E-state index contributed by atoms with van der Waals surface area (Å²) in [6, 6.07) is 8.36. The number of benzene rings is 1. The maximum absolute atomic E-state index is 12.3. The summed E-state index contributed by atoms with van der Waals surface area (Å²) in [5, 5.41) is 0. The predicted octanol–water partition coefficient (Wildman–Crippen LogP) is 3.59. The molecular weight excluding hydrogens is 256 g/mol. The topological polar surface area (TPSA) is 26.3 Å². The summed E-state index contributed by atoms with van der Waals surface area (Å²) in [5.74, 6) is 0.171. The molecule has 1 aromatic carbocycles. The molecule has 2 aliphatic rings. The first-order valence-electron chi connectivity index (χ1n) is 6.68. The molecule has 2 nitrogen and oxygen atoms in total. The monoisotopic (exact) mass is 274 g/mol. The Labute approximate surface area is 118 Å². The van der Waals surface area contributed by atoms with E-state index in [2.05, 4.69) is 37.3 Å². The number of hydrogen-bond donors (Lipinski definition) is 0. The molecule has 0 N–H and O–H groups in total. The first-order chi connectivity index (χ1) is 9.02.